The van der Waals surface area contributed by atoms with Crippen LogP contribution in [0.4, 0.5) is 34.6 Å². The zero-order valence-electron chi connectivity index (χ0n) is 27.0. The maximum atomic E-state index is 13.4. The van der Waals surface area contributed by atoms with E-state index < -0.39 is 62.2 Å². The third-order valence-corrected chi connectivity index (χ3v) is 9.54. The Morgan fingerprint density at radius 1 is 0.750 bits per heavy atom. The average molecular weight is 855 g/mol. The van der Waals surface area contributed by atoms with Gasteiger partial charge in [0.2, 0.25) is 17.2 Å². The molecule has 26 heteroatoms. The number of hydrogen-bond donors (Lipinski definition) is 3. The van der Waals surface area contributed by atoms with E-state index >= 15 is 0 Å². The Balaban J connectivity index is 0.00000312. The van der Waals surface area contributed by atoms with Crippen molar-refractivity contribution in [3.8, 4) is 11.5 Å². The van der Waals surface area contributed by atoms with E-state index in [-0.39, 0.29) is 161 Å². The van der Waals surface area contributed by atoms with Crippen LogP contribution < -0.4 is 131 Å². The van der Waals surface area contributed by atoms with E-state index in [1.54, 1.807) is 0 Å². The molecule has 0 radical (unpaired) electrons. The van der Waals surface area contributed by atoms with E-state index in [4.69, 9.17) is 27.9 Å². The number of ether oxygens (including phenoxy) is 1. The molecule has 1 heterocycles. The number of halogens is 2. The number of anilines is 4. The van der Waals surface area contributed by atoms with Gasteiger partial charge in [-0.3, -0.25) is 4.55 Å². The first-order chi connectivity index (χ1) is 22.8. The van der Waals surface area contributed by atoms with Crippen LogP contribution in [0.5, 0.6) is 11.5 Å². The number of methoxy groups -OCH3 is 1. The number of nitrogens with zero attached hydrogens (tertiary/aromatic N) is 5. The minimum absolute atomic E-state index is 0. The van der Waals surface area contributed by atoms with E-state index in [2.05, 4.69) is 35.8 Å². The van der Waals surface area contributed by atoms with Crippen molar-refractivity contribution in [2.24, 2.45) is 10.2 Å². The van der Waals surface area contributed by atoms with Gasteiger partial charge >= 0.3 is 110 Å². The van der Waals surface area contributed by atoms with Gasteiger partial charge in [-0.15, -0.1) is 10.2 Å². The van der Waals surface area contributed by atoms with Crippen LogP contribution in [0.2, 0.25) is 10.3 Å². The molecule has 0 amide bonds. The molecule has 0 aliphatic carbocycles. The second-order valence-corrected chi connectivity index (χ2v) is 14.4. The number of nitrogens with one attached hydrogen (secondary N) is 2. The summed E-state index contributed by atoms with van der Waals surface area (Å²) in [5.74, 6) is -1.42. The zero-order chi connectivity index (χ0) is 35.9. The normalized spacial score (nSPS) is 11.7. The molecule has 0 aliphatic heterocycles. The molecule has 0 saturated heterocycles. The van der Waals surface area contributed by atoms with E-state index in [0.717, 1.165) is 30.3 Å². The first kappa shape index (κ1) is 47.0. The summed E-state index contributed by atoms with van der Waals surface area (Å²) in [6.07, 6.45) is 0. The Morgan fingerprint density at radius 2 is 1.33 bits per heavy atom. The Morgan fingerprint density at radius 3 is 1.88 bits per heavy atom. The Kier molecular flexibility index (Phi) is 16.9. The second kappa shape index (κ2) is 18.7. The quantitative estimate of drug-likeness (QED) is 0.0677. The van der Waals surface area contributed by atoms with E-state index in [0.29, 0.717) is 0 Å². The minimum Gasteiger partial charge on any atom is -0.871 e. The fraction of sp³-hybridized carbons (Fsp3) is 0.0385. The van der Waals surface area contributed by atoms with E-state index in [1.807, 2.05) is 0 Å². The molecule has 18 nitrogen and oxygen atoms in total. The monoisotopic (exact) mass is 853 g/mol. The molecule has 1 aromatic heterocycles. The number of fused-ring (bicyclic) bond motifs is 1. The van der Waals surface area contributed by atoms with Crippen molar-refractivity contribution in [3.05, 3.63) is 71.0 Å². The second-order valence-electron chi connectivity index (χ2n) is 9.55. The van der Waals surface area contributed by atoms with Gasteiger partial charge in [-0.2, -0.15) is 23.4 Å². The summed E-state index contributed by atoms with van der Waals surface area (Å²) in [5.41, 5.74) is -1.18. The molecule has 0 bridgehead atoms. The largest absolute Gasteiger partial charge is 1.00 e. The minimum atomic E-state index is -5.13. The van der Waals surface area contributed by atoms with Gasteiger partial charge in [-0.05, 0) is 77.0 Å². The summed E-state index contributed by atoms with van der Waals surface area (Å²) in [6, 6.07) is 11.4. The molecule has 5 rings (SSSR count). The van der Waals surface area contributed by atoms with Gasteiger partial charge in [0.05, 0.1) is 27.6 Å². The van der Waals surface area contributed by atoms with Crippen LogP contribution in [0.3, 0.4) is 0 Å². The molecule has 0 spiro atoms. The van der Waals surface area contributed by atoms with Gasteiger partial charge in [0.1, 0.15) is 36.6 Å². The molecular formula is C26H16Cl2KN7Na2O11S3. The Labute approximate surface area is 392 Å². The number of benzene rings is 4. The van der Waals surface area contributed by atoms with Gasteiger partial charge in [-0.1, -0.05) is 23.4 Å². The number of rotatable bonds is 10. The summed E-state index contributed by atoms with van der Waals surface area (Å²) in [5, 5.41) is 25.2. The zero-order valence-corrected chi connectivity index (χ0v) is 38.1. The van der Waals surface area contributed by atoms with Crippen molar-refractivity contribution in [3.63, 3.8) is 0 Å². The van der Waals surface area contributed by atoms with Crippen molar-refractivity contribution in [1.82, 2.24) is 15.0 Å². The maximum absolute atomic E-state index is 13.4. The first-order valence-corrected chi connectivity index (χ1v) is 17.9. The molecule has 0 atom stereocenters. The molecule has 256 valence electrons. The number of aromatic nitrogens is 3. The summed E-state index contributed by atoms with van der Waals surface area (Å²) >= 11 is 11.8. The van der Waals surface area contributed by atoms with Crippen molar-refractivity contribution in [2.45, 2.75) is 14.7 Å². The topological polar surface area (TPSA) is 289 Å². The smallest absolute Gasteiger partial charge is 0.871 e. The first-order valence-electron chi connectivity index (χ1n) is 12.9. The predicted molar refractivity (Wildman–Crippen MR) is 169 cm³/mol. The van der Waals surface area contributed by atoms with Crippen molar-refractivity contribution >= 4 is 99.0 Å². The molecule has 4 aromatic carbocycles. The van der Waals surface area contributed by atoms with Gasteiger partial charge in [0, 0.05) is 11.4 Å². The van der Waals surface area contributed by atoms with Crippen LogP contribution >= 0.6 is 23.2 Å². The molecule has 0 unspecified atom stereocenters. The Hall–Kier alpha value is -1.10. The van der Waals surface area contributed by atoms with E-state index in [1.165, 1.54) is 37.4 Å². The average Bonchev–Trinajstić information content (AvgIpc) is 2.99. The predicted octanol–water partition coefficient (Wildman–Crippen LogP) is -4.62. The van der Waals surface area contributed by atoms with Gasteiger partial charge < -0.3 is 29.6 Å². The molecular weight excluding hydrogens is 839 g/mol. The molecule has 5 aromatic rings. The fourth-order valence-electron chi connectivity index (χ4n) is 4.21. The van der Waals surface area contributed by atoms with Crippen molar-refractivity contribution < 1.29 is 159 Å². The maximum Gasteiger partial charge on any atom is 1.00 e. The van der Waals surface area contributed by atoms with Crippen LogP contribution in [-0.2, 0) is 30.4 Å². The number of azo groups is 1. The van der Waals surface area contributed by atoms with Crippen molar-refractivity contribution in [2.75, 3.05) is 17.7 Å². The van der Waals surface area contributed by atoms with Gasteiger partial charge in [-0.25, -0.2) is 16.8 Å². The SMILES string of the molecule is COc1ccc(N=Nc2c(S(=O)(=O)O)cc3cc(Nc4nc(Cl)nc(Nc5ccc(Cl)c(S(=O)(=O)[O-])c5)n4)ccc3c2[O-])c(S(=O)(=O)[O-])c1.[K+].[Na+].[Na+]. The van der Waals surface area contributed by atoms with Gasteiger partial charge in [0.25, 0.3) is 10.1 Å². The van der Waals surface area contributed by atoms with Crippen molar-refractivity contribution in [1.29, 1.82) is 0 Å². The van der Waals surface area contributed by atoms with Gasteiger partial charge in [0.15, 0.2) is 0 Å². The standard InChI is InChI=1S/C26H19Cl2N7O11S3.K.2Na/c1-46-15-4-7-18(20(11-15)48(40,41)42)34-35-22-21(49(43,44)45)9-12-8-13(2-5-16(12)23(22)36)29-25-31-24(28)32-26(33-25)30-14-3-6-17(27)19(10-14)47(37,38)39;;;/h2-11,36H,1H3,(H,37,38,39)(H,40,41,42)(H,43,44,45)(H2,29,30,31,32,33);;;/q;3*+1/p-3. The Bertz CT molecular complexity index is 2540. The molecule has 0 aliphatic rings. The number of hydrogen-bond acceptors (Lipinski definition) is 17. The summed E-state index contributed by atoms with van der Waals surface area (Å²) in [7, 11) is -13.9. The van der Waals surface area contributed by atoms with Crippen LogP contribution in [-0.4, -0.2) is 61.0 Å². The third-order valence-electron chi connectivity index (χ3n) is 6.32. The summed E-state index contributed by atoms with van der Waals surface area (Å²) < 4.78 is 109. The van der Waals surface area contributed by atoms with Crippen LogP contribution in [0.15, 0.2) is 85.6 Å². The van der Waals surface area contributed by atoms with E-state index in [9.17, 15) is 44.0 Å². The van der Waals surface area contributed by atoms with Crippen LogP contribution in [0.25, 0.3) is 10.8 Å². The molecule has 3 N–H and O–H groups in total. The molecule has 0 fully saturated rings. The van der Waals surface area contributed by atoms with Crippen LogP contribution in [0.1, 0.15) is 0 Å². The summed E-state index contributed by atoms with van der Waals surface area (Å²) in [6.45, 7) is 0. The summed E-state index contributed by atoms with van der Waals surface area (Å²) in [4.78, 5) is 9.38. The van der Waals surface area contributed by atoms with Crippen LogP contribution in [0, 0.1) is 0 Å². The fourth-order valence-corrected chi connectivity index (χ4v) is 6.63. The molecule has 52 heavy (non-hydrogen) atoms. The molecule has 0 saturated carbocycles. The third kappa shape index (κ3) is 11.5.